The minimum Gasteiger partial charge on any atom is -0.378 e. The normalized spacial score (nSPS) is 14.1. The predicted octanol–water partition coefficient (Wildman–Crippen LogP) is 2.98. The lowest BCUT2D eigenvalue weighted by Crippen LogP contribution is -2.08. The number of Topliss-reactive ketones (excluding diaryl/α,β-unsaturated/α-hetero) is 1. The van der Waals surface area contributed by atoms with Crippen LogP contribution in [0.25, 0.3) is 16.9 Å². The van der Waals surface area contributed by atoms with E-state index in [1.165, 1.54) is 0 Å². The first-order chi connectivity index (χ1) is 11.6. The number of benzene rings is 1. The molecule has 122 valence electrons. The van der Waals surface area contributed by atoms with Crippen LogP contribution in [0.4, 0.5) is 5.69 Å². The zero-order chi connectivity index (χ0) is 16.7. The molecule has 3 aromatic rings. The molecule has 5 heteroatoms. The predicted molar refractivity (Wildman–Crippen MR) is 94.2 cm³/mol. The van der Waals surface area contributed by atoms with E-state index in [9.17, 15) is 4.79 Å². The largest absolute Gasteiger partial charge is 0.378 e. The first-order valence-corrected chi connectivity index (χ1v) is 8.27. The number of rotatable bonds is 5. The van der Waals surface area contributed by atoms with Crippen molar-refractivity contribution in [2.24, 2.45) is 5.92 Å². The maximum absolute atomic E-state index is 12.0. The van der Waals surface area contributed by atoms with Crippen molar-refractivity contribution in [1.82, 2.24) is 14.6 Å². The van der Waals surface area contributed by atoms with Gasteiger partial charge in [0, 0.05) is 31.3 Å². The van der Waals surface area contributed by atoms with Crippen LogP contribution in [0.3, 0.4) is 0 Å². The zero-order valence-corrected chi connectivity index (χ0v) is 13.9. The Hall–Kier alpha value is -2.69. The Morgan fingerprint density at radius 3 is 2.58 bits per heavy atom. The number of aromatic nitrogens is 3. The highest BCUT2D eigenvalue weighted by Gasteiger charge is 2.30. The lowest BCUT2D eigenvalue weighted by Gasteiger charge is -2.13. The Balaban J connectivity index is 1.69. The molecule has 0 amide bonds. The molecular weight excluding hydrogens is 300 g/mol. The van der Waals surface area contributed by atoms with Crippen molar-refractivity contribution >= 4 is 17.1 Å². The molecule has 0 aliphatic heterocycles. The molecule has 0 spiro atoms. The fourth-order valence-corrected chi connectivity index (χ4v) is 2.88. The molecule has 0 N–H and O–H groups in total. The summed E-state index contributed by atoms with van der Waals surface area (Å²) in [5.41, 5.74) is 4.00. The van der Waals surface area contributed by atoms with Gasteiger partial charge in [0.05, 0.1) is 12.1 Å². The average Bonchev–Trinajstić information content (AvgIpc) is 3.35. The summed E-state index contributed by atoms with van der Waals surface area (Å²) in [6.45, 7) is 0. The summed E-state index contributed by atoms with van der Waals surface area (Å²) in [5.74, 6) is 1.13. The van der Waals surface area contributed by atoms with Crippen molar-refractivity contribution in [2.75, 3.05) is 19.0 Å². The molecule has 1 aliphatic rings. The molecule has 5 nitrogen and oxygen atoms in total. The SMILES string of the molecule is CN(C)c1ccc(-c2cccc3nc(CC(=O)C4CC4)nn23)cc1. The maximum Gasteiger partial charge on any atom is 0.159 e. The van der Waals surface area contributed by atoms with Crippen molar-refractivity contribution in [3.63, 3.8) is 0 Å². The zero-order valence-electron chi connectivity index (χ0n) is 13.9. The summed E-state index contributed by atoms with van der Waals surface area (Å²) in [4.78, 5) is 18.6. The molecule has 2 aromatic heterocycles. The summed E-state index contributed by atoms with van der Waals surface area (Å²) in [6.07, 6.45) is 2.39. The van der Waals surface area contributed by atoms with Gasteiger partial charge in [-0.2, -0.15) is 5.10 Å². The third kappa shape index (κ3) is 2.77. The number of fused-ring (bicyclic) bond motifs is 1. The van der Waals surface area contributed by atoms with Crippen LogP contribution in [0.1, 0.15) is 18.7 Å². The lowest BCUT2D eigenvalue weighted by atomic mass is 10.1. The number of hydrogen-bond donors (Lipinski definition) is 0. The molecule has 1 saturated carbocycles. The monoisotopic (exact) mass is 320 g/mol. The number of carbonyl (C=O) groups excluding carboxylic acids is 1. The quantitative estimate of drug-likeness (QED) is 0.725. The number of pyridine rings is 1. The number of carbonyl (C=O) groups is 1. The Morgan fingerprint density at radius 2 is 1.92 bits per heavy atom. The van der Waals surface area contributed by atoms with E-state index in [1.807, 2.05) is 36.8 Å². The Labute approximate surface area is 140 Å². The third-order valence-electron chi connectivity index (χ3n) is 4.45. The van der Waals surface area contributed by atoms with E-state index in [0.29, 0.717) is 12.2 Å². The van der Waals surface area contributed by atoms with Gasteiger partial charge < -0.3 is 4.90 Å². The number of hydrogen-bond acceptors (Lipinski definition) is 4. The summed E-state index contributed by atoms with van der Waals surface area (Å²) < 4.78 is 1.83. The molecule has 24 heavy (non-hydrogen) atoms. The molecule has 1 aromatic carbocycles. The minimum atomic E-state index is 0.245. The minimum absolute atomic E-state index is 0.245. The van der Waals surface area contributed by atoms with Gasteiger partial charge in [-0.05, 0) is 37.1 Å². The topological polar surface area (TPSA) is 50.5 Å². The number of anilines is 1. The molecule has 1 aliphatic carbocycles. The molecule has 0 radical (unpaired) electrons. The highest BCUT2D eigenvalue weighted by Crippen LogP contribution is 2.30. The van der Waals surface area contributed by atoms with Crippen molar-refractivity contribution < 1.29 is 4.79 Å². The van der Waals surface area contributed by atoms with Crippen LogP contribution in [0.15, 0.2) is 42.5 Å². The van der Waals surface area contributed by atoms with Gasteiger partial charge in [-0.1, -0.05) is 18.2 Å². The van der Waals surface area contributed by atoms with E-state index < -0.39 is 0 Å². The second-order valence-corrected chi connectivity index (χ2v) is 6.57. The van der Waals surface area contributed by atoms with Gasteiger partial charge in [0.15, 0.2) is 11.5 Å². The van der Waals surface area contributed by atoms with E-state index in [4.69, 9.17) is 0 Å². The Bertz CT molecular complexity index is 891. The smallest absolute Gasteiger partial charge is 0.159 e. The summed E-state index contributed by atoms with van der Waals surface area (Å²) in [6, 6.07) is 14.3. The fraction of sp³-hybridized carbons (Fsp3) is 0.316. The van der Waals surface area contributed by atoms with Crippen LogP contribution in [0, 0.1) is 5.92 Å². The molecule has 4 rings (SSSR count). The van der Waals surface area contributed by atoms with Crippen molar-refractivity contribution in [2.45, 2.75) is 19.3 Å². The Morgan fingerprint density at radius 1 is 1.17 bits per heavy atom. The van der Waals surface area contributed by atoms with Crippen LogP contribution in [-0.2, 0) is 11.2 Å². The van der Waals surface area contributed by atoms with E-state index in [-0.39, 0.29) is 11.7 Å². The molecular formula is C19H20N4O. The highest BCUT2D eigenvalue weighted by molar-refractivity contribution is 5.84. The van der Waals surface area contributed by atoms with Crippen molar-refractivity contribution in [1.29, 1.82) is 0 Å². The standard InChI is InChI=1S/C19H20N4O/c1-22(2)15-10-8-13(9-11-15)16-4-3-5-19-20-18(21-23(16)19)12-17(24)14-6-7-14/h3-5,8-11,14H,6-7,12H2,1-2H3. The second kappa shape index (κ2) is 5.74. The second-order valence-electron chi connectivity index (χ2n) is 6.57. The molecule has 1 fully saturated rings. The van der Waals surface area contributed by atoms with Crippen LogP contribution >= 0.6 is 0 Å². The molecule has 0 saturated heterocycles. The summed E-state index contributed by atoms with van der Waals surface area (Å²) in [7, 11) is 4.05. The van der Waals surface area contributed by atoms with Gasteiger partial charge in [0.25, 0.3) is 0 Å². The van der Waals surface area contributed by atoms with E-state index in [0.717, 1.165) is 35.4 Å². The van der Waals surface area contributed by atoms with Crippen molar-refractivity contribution in [3.8, 4) is 11.3 Å². The number of nitrogens with zero attached hydrogens (tertiary/aromatic N) is 4. The van der Waals surface area contributed by atoms with Gasteiger partial charge in [-0.3, -0.25) is 4.79 Å². The molecule has 0 bridgehead atoms. The summed E-state index contributed by atoms with van der Waals surface area (Å²) >= 11 is 0. The van der Waals surface area contributed by atoms with Crippen molar-refractivity contribution in [3.05, 3.63) is 48.3 Å². The van der Waals surface area contributed by atoms with E-state index in [1.54, 1.807) is 0 Å². The maximum atomic E-state index is 12.0. The van der Waals surface area contributed by atoms with Gasteiger partial charge >= 0.3 is 0 Å². The average molecular weight is 320 g/mol. The Kier molecular flexibility index (Phi) is 3.56. The van der Waals surface area contributed by atoms with Crippen LogP contribution in [-0.4, -0.2) is 34.5 Å². The van der Waals surface area contributed by atoms with Crippen LogP contribution < -0.4 is 4.90 Å². The molecule has 0 atom stereocenters. The first-order valence-electron chi connectivity index (χ1n) is 8.27. The van der Waals surface area contributed by atoms with Crippen LogP contribution in [0.2, 0.25) is 0 Å². The van der Waals surface area contributed by atoms with E-state index >= 15 is 0 Å². The highest BCUT2D eigenvalue weighted by atomic mass is 16.1. The van der Waals surface area contributed by atoms with Gasteiger partial charge in [0.2, 0.25) is 0 Å². The molecule has 2 heterocycles. The fourth-order valence-electron chi connectivity index (χ4n) is 2.88. The summed E-state index contributed by atoms with van der Waals surface area (Å²) in [5, 5.41) is 4.57. The molecule has 0 unspecified atom stereocenters. The number of ketones is 1. The van der Waals surface area contributed by atoms with Gasteiger partial charge in [0.1, 0.15) is 5.78 Å². The van der Waals surface area contributed by atoms with Crippen LogP contribution in [0.5, 0.6) is 0 Å². The first kappa shape index (κ1) is 14.9. The van der Waals surface area contributed by atoms with Gasteiger partial charge in [-0.25, -0.2) is 9.50 Å². The van der Waals surface area contributed by atoms with Gasteiger partial charge in [-0.15, -0.1) is 0 Å². The van der Waals surface area contributed by atoms with E-state index in [2.05, 4.69) is 39.2 Å². The third-order valence-corrected chi connectivity index (χ3v) is 4.45. The lowest BCUT2D eigenvalue weighted by molar-refractivity contribution is -0.119.